The maximum Gasteiger partial charge on any atom is 0.378 e. The molecule has 140 valence electrons. The van der Waals surface area contributed by atoms with Crippen molar-refractivity contribution in [3.63, 3.8) is 0 Å². The number of halogens is 1. The molecule has 0 N–H and O–H groups in total. The Morgan fingerprint density at radius 2 is 1.79 bits per heavy atom. The van der Waals surface area contributed by atoms with Crippen molar-refractivity contribution in [3.8, 4) is 5.69 Å². The van der Waals surface area contributed by atoms with Gasteiger partial charge in [0.05, 0.1) is 12.8 Å². The fourth-order valence-electron chi connectivity index (χ4n) is 2.75. The molecule has 0 bridgehead atoms. The average molecular weight is 396 g/mol. The van der Waals surface area contributed by atoms with Gasteiger partial charge < -0.3 is 4.74 Å². The summed E-state index contributed by atoms with van der Waals surface area (Å²) in [6, 6.07) is 16.1. The number of methoxy groups -OCH3 is 1. The molecule has 0 aliphatic carbocycles. The molecule has 0 radical (unpaired) electrons. The van der Waals surface area contributed by atoms with Crippen molar-refractivity contribution >= 4 is 23.3 Å². The third-order valence-electron chi connectivity index (χ3n) is 4.10. The summed E-state index contributed by atoms with van der Waals surface area (Å²) < 4.78 is 7.37. The molecule has 8 nitrogen and oxygen atoms in total. The summed E-state index contributed by atoms with van der Waals surface area (Å²) >= 11 is 5.93. The lowest BCUT2D eigenvalue weighted by atomic mass is 10.1. The van der Waals surface area contributed by atoms with Gasteiger partial charge in [0.2, 0.25) is 0 Å². The van der Waals surface area contributed by atoms with Crippen molar-refractivity contribution in [2.75, 3.05) is 7.11 Å². The third kappa shape index (κ3) is 3.25. The number of fused-ring (bicyclic) bond motifs is 1. The van der Waals surface area contributed by atoms with Crippen LogP contribution in [-0.2, 0) is 11.2 Å². The molecule has 0 aliphatic rings. The highest BCUT2D eigenvalue weighted by Crippen LogP contribution is 2.16. The van der Waals surface area contributed by atoms with Crippen molar-refractivity contribution in [2.45, 2.75) is 6.42 Å². The number of aromatic nitrogens is 5. The molecule has 4 aromatic rings. The standard InChI is InChI=1S/C19H14ClN5O3/c1-28-18(27)16-23-24(14-9-7-13(20)8-10-14)19-21-17(26)15(22-25(16)19)11-12-5-3-2-4-6-12/h2-10H,11H2,1H3. The van der Waals surface area contributed by atoms with Crippen LogP contribution < -0.4 is 5.56 Å². The number of hydrogen-bond acceptors (Lipinski definition) is 6. The van der Waals surface area contributed by atoms with Gasteiger partial charge in [-0.15, -0.1) is 5.10 Å². The van der Waals surface area contributed by atoms with Gasteiger partial charge in [-0.05, 0) is 29.8 Å². The molecule has 0 unspecified atom stereocenters. The molecule has 0 amide bonds. The Balaban J connectivity index is 1.91. The second kappa shape index (κ2) is 7.24. The number of esters is 1. The Bertz CT molecular complexity index is 1220. The fraction of sp³-hybridized carbons (Fsp3) is 0.105. The van der Waals surface area contributed by atoms with Gasteiger partial charge >= 0.3 is 5.97 Å². The van der Waals surface area contributed by atoms with Crippen LogP contribution in [0.5, 0.6) is 0 Å². The maximum absolute atomic E-state index is 12.6. The lowest BCUT2D eigenvalue weighted by Crippen LogP contribution is -2.21. The van der Waals surface area contributed by atoms with E-state index in [0.717, 1.165) is 5.56 Å². The van der Waals surface area contributed by atoms with E-state index in [1.165, 1.54) is 16.3 Å². The van der Waals surface area contributed by atoms with E-state index in [-0.39, 0.29) is 23.7 Å². The summed E-state index contributed by atoms with van der Waals surface area (Å²) in [5.74, 6) is -0.680. The number of nitrogens with zero attached hydrogens (tertiary/aromatic N) is 5. The van der Waals surface area contributed by atoms with E-state index >= 15 is 0 Å². The monoisotopic (exact) mass is 395 g/mol. The van der Waals surface area contributed by atoms with Crippen LogP contribution in [0.2, 0.25) is 5.02 Å². The highest BCUT2D eigenvalue weighted by atomic mass is 35.5. The second-order valence-electron chi connectivity index (χ2n) is 5.94. The molecular formula is C19H14ClN5O3. The van der Waals surface area contributed by atoms with Crippen LogP contribution in [0.3, 0.4) is 0 Å². The van der Waals surface area contributed by atoms with Crippen LogP contribution in [0.25, 0.3) is 11.5 Å². The SMILES string of the molecule is COC(=O)c1nn(-c2ccc(Cl)cc2)c2nc(=O)c(Cc3ccccc3)nn12. The number of carbonyl (C=O) groups is 1. The van der Waals surface area contributed by atoms with Gasteiger partial charge in [-0.25, -0.2) is 4.79 Å². The van der Waals surface area contributed by atoms with Gasteiger partial charge in [0, 0.05) is 11.4 Å². The Labute approximate surface area is 164 Å². The minimum absolute atomic E-state index is 0.0886. The lowest BCUT2D eigenvalue weighted by Gasteiger charge is -2.03. The van der Waals surface area contributed by atoms with Crippen LogP contribution in [-0.4, -0.2) is 37.5 Å². The van der Waals surface area contributed by atoms with Gasteiger partial charge in [-0.3, -0.25) is 4.79 Å². The molecule has 9 heteroatoms. The molecule has 0 saturated carbocycles. The van der Waals surface area contributed by atoms with Gasteiger partial charge in [-0.1, -0.05) is 41.9 Å². The number of carbonyl (C=O) groups excluding carboxylic acids is 1. The minimum Gasteiger partial charge on any atom is -0.463 e. The average Bonchev–Trinajstić information content (AvgIpc) is 3.07. The van der Waals surface area contributed by atoms with Crippen molar-refractivity contribution < 1.29 is 9.53 Å². The van der Waals surface area contributed by atoms with Crippen LogP contribution in [0, 0.1) is 0 Å². The van der Waals surface area contributed by atoms with Crippen molar-refractivity contribution in [1.82, 2.24) is 24.4 Å². The first-order valence-corrected chi connectivity index (χ1v) is 8.72. The molecule has 0 spiro atoms. The molecule has 2 aromatic carbocycles. The summed E-state index contributed by atoms with van der Waals surface area (Å²) in [7, 11) is 1.25. The van der Waals surface area contributed by atoms with Crippen LogP contribution in [0.4, 0.5) is 0 Å². The zero-order valence-corrected chi connectivity index (χ0v) is 15.5. The van der Waals surface area contributed by atoms with Crippen LogP contribution >= 0.6 is 11.6 Å². The molecular weight excluding hydrogens is 382 g/mol. The van der Waals surface area contributed by atoms with E-state index in [0.29, 0.717) is 10.7 Å². The summed E-state index contributed by atoms with van der Waals surface area (Å²) in [6.07, 6.45) is 0.280. The van der Waals surface area contributed by atoms with Gasteiger partial charge in [0.25, 0.3) is 17.2 Å². The highest BCUT2D eigenvalue weighted by Gasteiger charge is 2.22. The highest BCUT2D eigenvalue weighted by molar-refractivity contribution is 6.30. The Kier molecular flexibility index (Phi) is 4.62. The topological polar surface area (TPSA) is 91.4 Å². The zero-order chi connectivity index (χ0) is 19.7. The Hall–Kier alpha value is -3.52. The first-order valence-electron chi connectivity index (χ1n) is 8.34. The van der Waals surface area contributed by atoms with Crippen molar-refractivity contribution in [3.05, 3.63) is 87.1 Å². The molecule has 28 heavy (non-hydrogen) atoms. The largest absolute Gasteiger partial charge is 0.463 e. The molecule has 0 saturated heterocycles. The maximum atomic E-state index is 12.6. The Morgan fingerprint density at radius 3 is 2.46 bits per heavy atom. The quantitative estimate of drug-likeness (QED) is 0.492. The van der Waals surface area contributed by atoms with E-state index in [1.807, 2.05) is 30.3 Å². The van der Waals surface area contributed by atoms with Crippen LogP contribution in [0.15, 0.2) is 59.4 Å². The van der Waals surface area contributed by atoms with Crippen LogP contribution in [0.1, 0.15) is 21.9 Å². The molecule has 0 fully saturated rings. The minimum atomic E-state index is -0.693. The van der Waals surface area contributed by atoms with E-state index in [4.69, 9.17) is 16.3 Å². The first kappa shape index (κ1) is 17.9. The zero-order valence-electron chi connectivity index (χ0n) is 14.7. The van der Waals surface area contributed by atoms with Crippen molar-refractivity contribution in [2.24, 2.45) is 0 Å². The normalized spacial score (nSPS) is 10.9. The summed E-state index contributed by atoms with van der Waals surface area (Å²) in [6.45, 7) is 0. The molecule has 0 aliphatic heterocycles. The molecule has 4 rings (SSSR count). The number of ether oxygens (including phenoxy) is 1. The number of benzene rings is 2. The fourth-order valence-corrected chi connectivity index (χ4v) is 2.87. The predicted molar refractivity (Wildman–Crippen MR) is 102 cm³/mol. The van der Waals surface area contributed by atoms with Gasteiger partial charge in [0.1, 0.15) is 5.69 Å². The first-order chi connectivity index (χ1) is 13.6. The molecule has 2 aromatic heterocycles. The molecule has 2 heterocycles. The van der Waals surface area contributed by atoms with E-state index in [2.05, 4.69) is 15.2 Å². The number of rotatable bonds is 4. The summed E-state index contributed by atoms with van der Waals surface area (Å²) in [5, 5.41) is 9.12. The summed E-state index contributed by atoms with van der Waals surface area (Å²) in [4.78, 5) is 28.9. The number of hydrogen-bond donors (Lipinski definition) is 0. The van der Waals surface area contributed by atoms with E-state index in [9.17, 15) is 9.59 Å². The van der Waals surface area contributed by atoms with Crippen molar-refractivity contribution in [1.29, 1.82) is 0 Å². The van der Waals surface area contributed by atoms with E-state index < -0.39 is 11.5 Å². The third-order valence-corrected chi connectivity index (χ3v) is 4.35. The lowest BCUT2D eigenvalue weighted by molar-refractivity contribution is 0.0583. The second-order valence-corrected chi connectivity index (χ2v) is 6.38. The Morgan fingerprint density at radius 1 is 1.07 bits per heavy atom. The smallest absolute Gasteiger partial charge is 0.378 e. The molecule has 0 atom stereocenters. The predicted octanol–water partition coefficient (Wildman–Crippen LogP) is 2.31. The van der Waals surface area contributed by atoms with E-state index in [1.54, 1.807) is 24.3 Å². The van der Waals surface area contributed by atoms with Gasteiger partial charge in [0.15, 0.2) is 0 Å². The van der Waals surface area contributed by atoms with Gasteiger partial charge in [-0.2, -0.15) is 19.3 Å². The summed E-state index contributed by atoms with van der Waals surface area (Å²) in [5.41, 5.74) is 1.18.